The molecule has 0 bridgehead atoms. The second kappa shape index (κ2) is 4.52. The molecule has 0 fully saturated rings. The first-order valence-electron chi connectivity index (χ1n) is 3.77. The quantitative estimate of drug-likeness (QED) is 0.827. The zero-order chi connectivity index (χ0) is 10.7. The molecule has 1 aromatic carbocycles. The molecule has 14 heavy (non-hydrogen) atoms. The molecular weight excluding hydrogens is 255 g/mol. The molecule has 1 aromatic rings. The molecule has 1 atom stereocenters. The number of hydrogen-bond acceptors (Lipinski definition) is 3. The summed E-state index contributed by atoms with van der Waals surface area (Å²) in [6.45, 7) is 0. The molecule has 76 valence electrons. The van der Waals surface area contributed by atoms with Crippen LogP contribution in [0.3, 0.4) is 0 Å². The van der Waals surface area contributed by atoms with E-state index in [0.29, 0.717) is 0 Å². The van der Waals surface area contributed by atoms with Crippen LogP contribution in [0, 0.1) is 5.82 Å². The van der Waals surface area contributed by atoms with Crippen molar-refractivity contribution in [1.29, 1.82) is 0 Å². The number of carbonyl (C=O) groups excluding carboxylic acids is 1. The minimum atomic E-state index is -1.38. The normalized spacial score (nSPS) is 12.3. The van der Waals surface area contributed by atoms with Gasteiger partial charge in [-0.05, 0) is 33.6 Å². The fourth-order valence-electron chi connectivity index (χ4n) is 0.930. The number of hydrogen-bond donors (Lipinski definition) is 1. The van der Waals surface area contributed by atoms with Crippen molar-refractivity contribution in [3.8, 4) is 0 Å². The number of halogens is 2. The predicted molar refractivity (Wildman–Crippen MR) is 51.1 cm³/mol. The molecular formula is C9H8BrFO3. The maximum absolute atomic E-state index is 12.8. The van der Waals surface area contributed by atoms with Gasteiger partial charge in [-0.25, -0.2) is 9.18 Å². The Labute approximate surface area is 88.6 Å². The summed E-state index contributed by atoms with van der Waals surface area (Å²) in [6, 6.07) is 3.81. The van der Waals surface area contributed by atoms with Gasteiger partial charge in [0.25, 0.3) is 0 Å². The van der Waals surface area contributed by atoms with E-state index in [2.05, 4.69) is 20.7 Å². The number of aliphatic hydroxyl groups excluding tert-OH is 1. The molecule has 0 saturated heterocycles. The van der Waals surface area contributed by atoms with E-state index >= 15 is 0 Å². The summed E-state index contributed by atoms with van der Waals surface area (Å²) >= 11 is 2.95. The maximum Gasteiger partial charge on any atom is 0.339 e. The van der Waals surface area contributed by atoms with Gasteiger partial charge in [0.15, 0.2) is 6.10 Å². The second-order valence-corrected chi connectivity index (χ2v) is 3.45. The molecule has 0 aliphatic carbocycles. The Morgan fingerprint density at radius 2 is 2.29 bits per heavy atom. The predicted octanol–water partition coefficient (Wildman–Crippen LogP) is 1.79. The number of ether oxygens (including phenoxy) is 1. The summed E-state index contributed by atoms with van der Waals surface area (Å²) in [5, 5.41) is 9.39. The number of methoxy groups -OCH3 is 1. The Morgan fingerprint density at radius 3 is 2.79 bits per heavy atom. The first-order valence-corrected chi connectivity index (χ1v) is 4.56. The molecule has 0 saturated carbocycles. The Kier molecular flexibility index (Phi) is 3.60. The van der Waals surface area contributed by atoms with Gasteiger partial charge >= 0.3 is 5.97 Å². The van der Waals surface area contributed by atoms with E-state index in [1.54, 1.807) is 0 Å². The minimum absolute atomic E-state index is 0.193. The van der Waals surface area contributed by atoms with Crippen molar-refractivity contribution in [3.05, 3.63) is 34.1 Å². The van der Waals surface area contributed by atoms with Gasteiger partial charge in [-0.15, -0.1) is 0 Å². The Balaban J connectivity index is 2.96. The highest BCUT2D eigenvalue weighted by atomic mass is 79.9. The van der Waals surface area contributed by atoms with Crippen molar-refractivity contribution in [2.24, 2.45) is 0 Å². The van der Waals surface area contributed by atoms with Gasteiger partial charge in [0.2, 0.25) is 0 Å². The largest absolute Gasteiger partial charge is 0.467 e. The van der Waals surface area contributed by atoms with Crippen LogP contribution in [-0.2, 0) is 9.53 Å². The highest BCUT2D eigenvalue weighted by Crippen LogP contribution is 2.21. The van der Waals surface area contributed by atoms with Crippen LogP contribution in [0.25, 0.3) is 0 Å². The Morgan fingerprint density at radius 1 is 1.64 bits per heavy atom. The molecule has 0 amide bonds. The number of benzene rings is 1. The summed E-state index contributed by atoms with van der Waals surface area (Å²) < 4.78 is 17.3. The molecule has 0 heterocycles. The van der Waals surface area contributed by atoms with E-state index in [9.17, 15) is 14.3 Å². The maximum atomic E-state index is 12.8. The van der Waals surface area contributed by atoms with Crippen LogP contribution in [0.2, 0.25) is 0 Å². The number of rotatable bonds is 2. The summed E-state index contributed by atoms with van der Waals surface area (Å²) in [5.74, 6) is -1.23. The van der Waals surface area contributed by atoms with Crippen molar-refractivity contribution in [2.45, 2.75) is 6.10 Å². The third-order valence-electron chi connectivity index (χ3n) is 1.68. The number of aliphatic hydroxyl groups is 1. The Hall–Kier alpha value is -0.940. The van der Waals surface area contributed by atoms with Gasteiger partial charge < -0.3 is 9.84 Å². The Bertz CT molecular complexity index is 354. The average molecular weight is 263 g/mol. The minimum Gasteiger partial charge on any atom is -0.467 e. The van der Waals surface area contributed by atoms with E-state index in [-0.39, 0.29) is 10.0 Å². The smallest absolute Gasteiger partial charge is 0.339 e. The molecule has 0 aliphatic rings. The summed E-state index contributed by atoms with van der Waals surface area (Å²) in [4.78, 5) is 10.9. The number of carbonyl (C=O) groups is 1. The van der Waals surface area contributed by atoms with Gasteiger partial charge in [0.05, 0.1) is 11.6 Å². The van der Waals surface area contributed by atoms with E-state index in [4.69, 9.17) is 0 Å². The lowest BCUT2D eigenvalue weighted by molar-refractivity contribution is -0.150. The highest BCUT2D eigenvalue weighted by molar-refractivity contribution is 9.10. The molecule has 0 spiro atoms. The van der Waals surface area contributed by atoms with Crippen molar-refractivity contribution in [2.75, 3.05) is 7.11 Å². The third-order valence-corrected chi connectivity index (χ3v) is 2.29. The summed E-state index contributed by atoms with van der Waals surface area (Å²) in [5.41, 5.74) is 0.283. The standard InChI is InChI=1S/C9H8BrFO3/c1-14-9(13)8(12)5-2-3-7(11)6(10)4-5/h2-4,8,12H,1H3/t8-/m0/s1. The van der Waals surface area contributed by atoms with Crippen LogP contribution in [0.1, 0.15) is 11.7 Å². The van der Waals surface area contributed by atoms with Crippen molar-refractivity contribution < 1.29 is 19.0 Å². The molecule has 0 unspecified atom stereocenters. The molecule has 0 radical (unpaired) electrons. The van der Waals surface area contributed by atoms with Crippen LogP contribution in [0.4, 0.5) is 4.39 Å². The van der Waals surface area contributed by atoms with Crippen LogP contribution in [0.5, 0.6) is 0 Å². The molecule has 3 nitrogen and oxygen atoms in total. The van der Waals surface area contributed by atoms with Crippen LogP contribution in [0.15, 0.2) is 22.7 Å². The molecule has 5 heteroatoms. The number of esters is 1. The van der Waals surface area contributed by atoms with E-state index in [1.807, 2.05) is 0 Å². The summed E-state index contributed by atoms with van der Waals surface area (Å²) in [7, 11) is 1.17. The zero-order valence-corrected chi connectivity index (χ0v) is 8.92. The van der Waals surface area contributed by atoms with Crippen LogP contribution in [-0.4, -0.2) is 18.2 Å². The van der Waals surface area contributed by atoms with Crippen LogP contribution >= 0.6 is 15.9 Å². The highest BCUT2D eigenvalue weighted by Gasteiger charge is 2.18. The van der Waals surface area contributed by atoms with Crippen molar-refractivity contribution >= 4 is 21.9 Å². The lowest BCUT2D eigenvalue weighted by Gasteiger charge is -2.08. The third kappa shape index (κ3) is 2.30. The molecule has 0 aromatic heterocycles. The fourth-order valence-corrected chi connectivity index (χ4v) is 1.33. The van der Waals surface area contributed by atoms with E-state index < -0.39 is 17.9 Å². The van der Waals surface area contributed by atoms with Gasteiger partial charge in [-0.3, -0.25) is 0 Å². The first kappa shape index (κ1) is 11.1. The lowest BCUT2D eigenvalue weighted by atomic mass is 10.1. The molecule has 0 aliphatic heterocycles. The van der Waals surface area contributed by atoms with Gasteiger partial charge in [0.1, 0.15) is 5.82 Å². The second-order valence-electron chi connectivity index (χ2n) is 2.60. The van der Waals surface area contributed by atoms with E-state index in [0.717, 1.165) is 6.07 Å². The topological polar surface area (TPSA) is 46.5 Å². The first-order chi connectivity index (χ1) is 6.56. The summed E-state index contributed by atoms with van der Waals surface area (Å²) in [6.07, 6.45) is -1.38. The lowest BCUT2D eigenvalue weighted by Crippen LogP contribution is -2.13. The fraction of sp³-hybridized carbons (Fsp3) is 0.222. The van der Waals surface area contributed by atoms with Gasteiger partial charge in [0, 0.05) is 0 Å². The molecule has 1 N–H and O–H groups in total. The molecule has 1 rings (SSSR count). The van der Waals surface area contributed by atoms with Crippen molar-refractivity contribution in [3.63, 3.8) is 0 Å². The SMILES string of the molecule is COC(=O)[C@@H](O)c1ccc(F)c(Br)c1. The monoisotopic (exact) mass is 262 g/mol. The van der Waals surface area contributed by atoms with E-state index in [1.165, 1.54) is 19.2 Å². The van der Waals surface area contributed by atoms with Crippen LogP contribution < -0.4 is 0 Å². The van der Waals surface area contributed by atoms with Gasteiger partial charge in [-0.2, -0.15) is 0 Å². The average Bonchev–Trinajstić information content (AvgIpc) is 2.20. The van der Waals surface area contributed by atoms with Gasteiger partial charge in [-0.1, -0.05) is 6.07 Å². The van der Waals surface area contributed by atoms with Crippen molar-refractivity contribution in [1.82, 2.24) is 0 Å². The zero-order valence-electron chi connectivity index (χ0n) is 7.33.